The number of anilines is 1. The number of oxime groups is 1. The number of amidine groups is 1. The van der Waals surface area contributed by atoms with E-state index < -0.39 is 5.82 Å². The van der Waals surface area contributed by atoms with Crippen LogP contribution in [0.2, 0.25) is 0 Å². The third-order valence-electron chi connectivity index (χ3n) is 3.32. The molecule has 0 heterocycles. The maximum Gasteiger partial charge on any atom is 0.170 e. The lowest BCUT2D eigenvalue weighted by Gasteiger charge is -2.31. The van der Waals surface area contributed by atoms with Crippen LogP contribution in [0.3, 0.4) is 0 Å². The van der Waals surface area contributed by atoms with Crippen LogP contribution in [0.4, 0.5) is 10.1 Å². The van der Waals surface area contributed by atoms with E-state index in [2.05, 4.69) is 5.16 Å². The fraction of sp³-hybridized carbons (Fsp3) is 0.500. The quantitative estimate of drug-likeness (QED) is 0.348. The van der Waals surface area contributed by atoms with Crippen LogP contribution in [0.25, 0.3) is 0 Å². The zero-order valence-electron chi connectivity index (χ0n) is 12.1. The summed E-state index contributed by atoms with van der Waals surface area (Å²) in [4.78, 5) is 1.95. The minimum atomic E-state index is -0.398. The molecule has 20 heavy (non-hydrogen) atoms. The van der Waals surface area contributed by atoms with Crippen LogP contribution in [0, 0.1) is 5.82 Å². The van der Waals surface area contributed by atoms with Crippen molar-refractivity contribution in [3.05, 3.63) is 29.6 Å². The van der Waals surface area contributed by atoms with Gasteiger partial charge in [0.1, 0.15) is 5.82 Å². The maximum atomic E-state index is 14.2. The van der Waals surface area contributed by atoms with Gasteiger partial charge in [-0.1, -0.05) is 12.1 Å². The summed E-state index contributed by atoms with van der Waals surface area (Å²) in [5.41, 5.74) is 6.30. The Kier molecular flexibility index (Phi) is 6.24. The van der Waals surface area contributed by atoms with Crippen molar-refractivity contribution in [2.45, 2.75) is 26.3 Å². The zero-order valence-corrected chi connectivity index (χ0v) is 12.1. The third-order valence-corrected chi connectivity index (χ3v) is 3.32. The minimum absolute atomic E-state index is 0.109. The fourth-order valence-corrected chi connectivity index (χ4v) is 1.95. The number of benzene rings is 1. The number of halogens is 1. The molecule has 0 aliphatic carbocycles. The van der Waals surface area contributed by atoms with Crippen LogP contribution in [-0.2, 0) is 4.74 Å². The van der Waals surface area contributed by atoms with E-state index in [1.807, 2.05) is 18.7 Å². The maximum absolute atomic E-state index is 14.2. The summed E-state index contributed by atoms with van der Waals surface area (Å²) >= 11 is 0. The summed E-state index contributed by atoms with van der Waals surface area (Å²) in [6.07, 6.45) is 0.894. The van der Waals surface area contributed by atoms with Crippen molar-refractivity contribution < 1.29 is 14.3 Å². The largest absolute Gasteiger partial charge is 0.409 e. The van der Waals surface area contributed by atoms with Crippen LogP contribution >= 0.6 is 0 Å². The van der Waals surface area contributed by atoms with Crippen molar-refractivity contribution in [2.24, 2.45) is 10.9 Å². The number of nitrogens with zero attached hydrogens (tertiary/aromatic N) is 2. The summed E-state index contributed by atoms with van der Waals surface area (Å²) in [7, 11) is 1.62. The molecule has 5 nitrogen and oxygen atoms in total. The smallest absolute Gasteiger partial charge is 0.170 e. The summed E-state index contributed by atoms with van der Waals surface area (Å²) in [5.74, 6) is -0.507. The SMILES string of the molecule is CCC(C)N(CCOC)c1ccc(C(N)=NO)cc1F. The van der Waals surface area contributed by atoms with E-state index in [1.165, 1.54) is 6.07 Å². The van der Waals surface area contributed by atoms with Gasteiger partial charge in [-0.05, 0) is 31.5 Å². The van der Waals surface area contributed by atoms with Gasteiger partial charge in [0.2, 0.25) is 0 Å². The monoisotopic (exact) mass is 283 g/mol. The van der Waals surface area contributed by atoms with Crippen molar-refractivity contribution >= 4 is 11.5 Å². The van der Waals surface area contributed by atoms with Gasteiger partial charge in [0.05, 0.1) is 12.3 Å². The van der Waals surface area contributed by atoms with Gasteiger partial charge in [-0.3, -0.25) is 0 Å². The zero-order chi connectivity index (χ0) is 15.1. The first-order valence-corrected chi connectivity index (χ1v) is 6.58. The molecule has 1 aromatic carbocycles. The molecular weight excluding hydrogens is 261 g/mol. The van der Waals surface area contributed by atoms with Crippen molar-refractivity contribution in [1.82, 2.24) is 0 Å². The molecule has 0 spiro atoms. The molecule has 0 aliphatic heterocycles. The molecule has 112 valence electrons. The second-order valence-corrected chi connectivity index (χ2v) is 4.59. The molecular formula is C14H22FN3O2. The van der Waals surface area contributed by atoms with Gasteiger partial charge in [0.25, 0.3) is 0 Å². The lowest BCUT2D eigenvalue weighted by Crippen LogP contribution is -2.36. The van der Waals surface area contributed by atoms with Crippen LogP contribution in [0.15, 0.2) is 23.4 Å². The summed E-state index contributed by atoms with van der Waals surface area (Å²) < 4.78 is 19.3. The number of hydrogen-bond acceptors (Lipinski definition) is 4. The third kappa shape index (κ3) is 3.84. The minimum Gasteiger partial charge on any atom is -0.409 e. The summed E-state index contributed by atoms with van der Waals surface area (Å²) in [6, 6.07) is 4.74. The van der Waals surface area contributed by atoms with Gasteiger partial charge in [0, 0.05) is 25.3 Å². The predicted molar refractivity (Wildman–Crippen MR) is 77.9 cm³/mol. The standard InChI is InChI=1S/C14H22FN3O2/c1-4-10(2)18(7-8-20-3)13-6-5-11(9-12(13)15)14(16)17-19/h5-6,9-10,19H,4,7-8H2,1-3H3,(H2,16,17). The summed E-state index contributed by atoms with van der Waals surface area (Å²) in [5, 5.41) is 11.5. The summed E-state index contributed by atoms with van der Waals surface area (Å²) in [6.45, 7) is 5.21. The molecule has 1 atom stereocenters. The van der Waals surface area contributed by atoms with E-state index >= 15 is 0 Å². The van der Waals surface area contributed by atoms with E-state index in [9.17, 15) is 4.39 Å². The molecule has 0 saturated heterocycles. The fourth-order valence-electron chi connectivity index (χ4n) is 1.95. The number of nitrogens with two attached hydrogens (primary N) is 1. The normalized spacial score (nSPS) is 13.3. The highest BCUT2D eigenvalue weighted by Gasteiger charge is 2.17. The van der Waals surface area contributed by atoms with Gasteiger partial charge in [-0.15, -0.1) is 0 Å². The first-order chi connectivity index (χ1) is 9.54. The van der Waals surface area contributed by atoms with Crippen molar-refractivity contribution in [3.63, 3.8) is 0 Å². The average molecular weight is 283 g/mol. The number of ether oxygens (including phenoxy) is 1. The number of rotatable bonds is 7. The number of hydrogen-bond donors (Lipinski definition) is 2. The molecule has 0 amide bonds. The molecule has 1 unspecified atom stereocenters. The Hall–Kier alpha value is -1.82. The van der Waals surface area contributed by atoms with E-state index in [1.54, 1.807) is 19.2 Å². The Morgan fingerprint density at radius 3 is 2.75 bits per heavy atom. The molecule has 0 aliphatic rings. The first kappa shape index (κ1) is 16.2. The Morgan fingerprint density at radius 2 is 2.25 bits per heavy atom. The van der Waals surface area contributed by atoms with Crippen LogP contribution in [-0.4, -0.2) is 37.3 Å². The first-order valence-electron chi connectivity index (χ1n) is 6.58. The Balaban J connectivity index is 3.07. The van der Waals surface area contributed by atoms with Gasteiger partial charge < -0.3 is 20.6 Å². The van der Waals surface area contributed by atoms with Gasteiger partial charge >= 0.3 is 0 Å². The van der Waals surface area contributed by atoms with Crippen LogP contribution < -0.4 is 10.6 Å². The van der Waals surface area contributed by atoms with E-state index in [4.69, 9.17) is 15.7 Å². The van der Waals surface area contributed by atoms with Gasteiger partial charge in [-0.2, -0.15) is 0 Å². The molecule has 0 radical (unpaired) electrons. The lowest BCUT2D eigenvalue weighted by molar-refractivity contribution is 0.203. The molecule has 3 N–H and O–H groups in total. The second kappa shape index (κ2) is 7.69. The van der Waals surface area contributed by atoms with Crippen LogP contribution in [0.5, 0.6) is 0 Å². The highest BCUT2D eigenvalue weighted by Crippen LogP contribution is 2.23. The average Bonchev–Trinajstić information content (AvgIpc) is 2.47. The van der Waals surface area contributed by atoms with E-state index in [-0.39, 0.29) is 11.9 Å². The Bertz CT molecular complexity index is 466. The van der Waals surface area contributed by atoms with Crippen molar-refractivity contribution in [3.8, 4) is 0 Å². The number of methoxy groups -OCH3 is 1. The molecule has 0 saturated carbocycles. The van der Waals surface area contributed by atoms with Gasteiger partial charge in [-0.25, -0.2) is 4.39 Å². The van der Waals surface area contributed by atoms with Crippen LogP contribution in [0.1, 0.15) is 25.8 Å². The molecule has 1 rings (SSSR count). The van der Waals surface area contributed by atoms with Crippen molar-refractivity contribution in [2.75, 3.05) is 25.2 Å². The van der Waals surface area contributed by atoms with E-state index in [0.29, 0.717) is 24.4 Å². The van der Waals surface area contributed by atoms with Crippen molar-refractivity contribution in [1.29, 1.82) is 0 Å². The van der Waals surface area contributed by atoms with Gasteiger partial charge in [0.15, 0.2) is 5.84 Å². The molecule has 0 fully saturated rings. The Morgan fingerprint density at radius 1 is 1.55 bits per heavy atom. The lowest BCUT2D eigenvalue weighted by atomic mass is 10.1. The molecule has 1 aromatic rings. The van der Waals surface area contributed by atoms with E-state index in [0.717, 1.165) is 6.42 Å². The highest BCUT2D eigenvalue weighted by molar-refractivity contribution is 5.97. The Labute approximate surface area is 118 Å². The molecule has 0 bridgehead atoms. The molecule has 0 aromatic heterocycles. The second-order valence-electron chi connectivity index (χ2n) is 4.59. The highest BCUT2D eigenvalue weighted by atomic mass is 19.1. The predicted octanol–water partition coefficient (Wildman–Crippen LogP) is 2.17. The topological polar surface area (TPSA) is 71.1 Å². The molecule has 6 heteroatoms.